The van der Waals surface area contributed by atoms with Gasteiger partial charge in [-0.3, -0.25) is 33.8 Å². The molecule has 0 saturated heterocycles. The van der Waals surface area contributed by atoms with Gasteiger partial charge in [0.05, 0.1) is 17.5 Å². The van der Waals surface area contributed by atoms with Crippen molar-refractivity contribution in [3.8, 4) is 5.75 Å². The lowest BCUT2D eigenvalue weighted by Gasteiger charge is -2.52. The van der Waals surface area contributed by atoms with Gasteiger partial charge in [0, 0.05) is 49.9 Å². The monoisotopic (exact) mass is 568 g/mol. The number of carbonyl (C=O) groups is 5. The van der Waals surface area contributed by atoms with E-state index in [4.69, 9.17) is 5.73 Å². The van der Waals surface area contributed by atoms with Gasteiger partial charge < -0.3 is 20.8 Å². The normalized spacial score (nSPS) is 31.6. The summed E-state index contributed by atoms with van der Waals surface area (Å²) in [7, 11) is 6.91. The fraction of sp³-hybridized carbons (Fsp3) is 0.633. The molecule has 6 atom stereocenters. The topological polar surface area (TPSA) is 162 Å². The Morgan fingerprint density at radius 1 is 1.05 bits per heavy atom. The second-order valence-electron chi connectivity index (χ2n) is 13.2. The van der Waals surface area contributed by atoms with Crippen molar-refractivity contribution in [3.63, 3.8) is 0 Å². The fourth-order valence-corrected chi connectivity index (χ4v) is 7.80. The summed E-state index contributed by atoms with van der Waals surface area (Å²) in [4.78, 5) is 72.9. The summed E-state index contributed by atoms with van der Waals surface area (Å²) in [5.74, 6) is -10.2. The van der Waals surface area contributed by atoms with Crippen LogP contribution in [0.5, 0.6) is 5.75 Å². The first-order valence-corrected chi connectivity index (χ1v) is 14.2. The van der Waals surface area contributed by atoms with Gasteiger partial charge in [-0.1, -0.05) is 6.92 Å². The van der Waals surface area contributed by atoms with E-state index in [-0.39, 0.29) is 29.7 Å². The largest absolute Gasteiger partial charge is 0.507 e. The molecule has 1 heterocycles. The van der Waals surface area contributed by atoms with Gasteiger partial charge in [0.1, 0.15) is 5.75 Å². The minimum Gasteiger partial charge on any atom is -0.507 e. The molecule has 2 unspecified atom stereocenters. The van der Waals surface area contributed by atoms with Gasteiger partial charge in [0.25, 0.3) is 0 Å². The van der Waals surface area contributed by atoms with Crippen LogP contribution in [0.4, 0.5) is 5.69 Å². The first kappa shape index (κ1) is 29.3. The Hall–Kier alpha value is -3.15. The second-order valence-corrected chi connectivity index (χ2v) is 13.2. The van der Waals surface area contributed by atoms with E-state index in [1.165, 1.54) is 4.90 Å². The van der Waals surface area contributed by atoms with E-state index in [2.05, 4.69) is 25.7 Å². The van der Waals surface area contributed by atoms with Crippen LogP contribution in [0, 0.1) is 23.7 Å². The van der Waals surface area contributed by atoms with Crippen LogP contribution in [0.1, 0.15) is 60.7 Å². The molecule has 4 aliphatic rings. The number of hydrogen-bond donors (Lipinski definition) is 3. The zero-order valence-corrected chi connectivity index (χ0v) is 24.8. The highest BCUT2D eigenvalue weighted by Crippen LogP contribution is 2.54. The molecule has 11 heteroatoms. The van der Waals surface area contributed by atoms with Crippen molar-refractivity contribution in [1.29, 1.82) is 0 Å². The Balaban J connectivity index is 1.67. The molecule has 3 aliphatic carbocycles. The summed E-state index contributed by atoms with van der Waals surface area (Å²) in [6.45, 7) is 7.38. The fourth-order valence-electron chi connectivity index (χ4n) is 7.80. The van der Waals surface area contributed by atoms with Crippen LogP contribution in [0.25, 0.3) is 0 Å². The van der Waals surface area contributed by atoms with Gasteiger partial charge >= 0.3 is 0 Å². The summed E-state index contributed by atoms with van der Waals surface area (Å²) in [5.41, 5.74) is 5.61. The minimum atomic E-state index is -2.73. The molecule has 0 spiro atoms. The number of hydrogen-bond acceptors (Lipinski definition) is 10. The highest BCUT2D eigenvalue weighted by molar-refractivity contribution is 6.32. The Morgan fingerprint density at radius 2 is 1.66 bits per heavy atom. The first-order chi connectivity index (χ1) is 19.0. The number of carbonyl (C=O) groups excluding carboxylic acids is 5. The number of phenols is 1. The predicted molar refractivity (Wildman–Crippen MR) is 149 cm³/mol. The number of primary amides is 1. The standard InChI is InChI=1S/C30H40N4O7/c1-8-29(2,3)34-11-15-16(12-34)23(35)19-14(21(15)32(4)5)9-13-10-17-22(33(6)7)25(37)20(28(31)40)27(39)30(17,41)26(38)18(13)24(19)36/h13,17-18,20,22,35,41H,8-12H2,1-7H3,(H2,31,40)/t13-,17-,18?,20?,22-,30-/m0/s1. The first-order valence-electron chi connectivity index (χ1n) is 14.2. The van der Waals surface area contributed by atoms with Gasteiger partial charge in [-0.2, -0.15) is 0 Å². The SMILES string of the molecule is CCC(C)(C)N1Cc2c(O)c3c(c(N(C)C)c2C1)C[C@H]1C[C@H]2[C@H](N(C)C)C(=O)C(C(N)=O)C(=O)[C@@]2(O)C(=O)C1C3=O. The van der Waals surface area contributed by atoms with Crippen molar-refractivity contribution in [2.24, 2.45) is 29.4 Å². The maximum atomic E-state index is 14.2. The Kier molecular flexibility index (Phi) is 6.75. The average Bonchev–Trinajstić information content (AvgIpc) is 3.32. The molecular formula is C30H40N4O7. The number of Topliss-reactive ketones (excluding diaryl/α,β-unsaturated/α-hetero) is 4. The van der Waals surface area contributed by atoms with E-state index in [0.717, 1.165) is 17.7 Å². The molecule has 1 aliphatic heterocycles. The van der Waals surface area contributed by atoms with Crippen molar-refractivity contribution in [1.82, 2.24) is 9.80 Å². The summed E-state index contributed by atoms with van der Waals surface area (Å²) in [6, 6.07) is -1.12. The van der Waals surface area contributed by atoms with Gasteiger partial charge in [0.15, 0.2) is 34.7 Å². The number of nitrogens with two attached hydrogens (primary N) is 1. The maximum absolute atomic E-state index is 14.2. The van der Waals surface area contributed by atoms with E-state index < -0.39 is 64.4 Å². The molecule has 2 fully saturated rings. The Labute approximate surface area is 239 Å². The van der Waals surface area contributed by atoms with Gasteiger partial charge in [-0.05, 0) is 64.3 Å². The number of anilines is 1. The average molecular weight is 569 g/mol. The number of aliphatic hydroxyl groups is 1. The molecule has 5 rings (SSSR count). The third-order valence-electron chi connectivity index (χ3n) is 10.3. The zero-order valence-electron chi connectivity index (χ0n) is 24.8. The number of aromatic hydroxyl groups is 1. The number of phenolic OH excluding ortho intramolecular Hbond substituents is 1. The van der Waals surface area contributed by atoms with Crippen LogP contribution >= 0.6 is 0 Å². The molecule has 1 aromatic carbocycles. The quantitative estimate of drug-likeness (QED) is 0.425. The van der Waals surface area contributed by atoms with Gasteiger partial charge in [-0.15, -0.1) is 0 Å². The van der Waals surface area contributed by atoms with Crippen molar-refractivity contribution < 1.29 is 34.2 Å². The molecule has 0 radical (unpaired) electrons. The van der Waals surface area contributed by atoms with Crippen LogP contribution in [0.2, 0.25) is 0 Å². The number of benzene rings is 1. The number of rotatable bonds is 5. The molecule has 41 heavy (non-hydrogen) atoms. The number of ketones is 4. The van der Waals surface area contributed by atoms with E-state index in [0.29, 0.717) is 24.2 Å². The molecule has 2 saturated carbocycles. The van der Waals surface area contributed by atoms with Crippen LogP contribution < -0.4 is 10.6 Å². The number of nitrogens with zero attached hydrogens (tertiary/aromatic N) is 3. The molecule has 222 valence electrons. The highest BCUT2D eigenvalue weighted by Gasteiger charge is 2.69. The van der Waals surface area contributed by atoms with E-state index in [9.17, 15) is 34.2 Å². The van der Waals surface area contributed by atoms with Crippen molar-refractivity contribution in [3.05, 3.63) is 22.3 Å². The molecule has 1 amide bonds. The maximum Gasteiger partial charge on any atom is 0.235 e. The smallest absolute Gasteiger partial charge is 0.235 e. The lowest BCUT2D eigenvalue weighted by atomic mass is 9.52. The molecule has 4 N–H and O–H groups in total. The molecule has 0 bridgehead atoms. The third kappa shape index (κ3) is 3.85. The predicted octanol–water partition coefficient (Wildman–Crippen LogP) is 0.437. The third-order valence-corrected chi connectivity index (χ3v) is 10.3. The summed E-state index contributed by atoms with van der Waals surface area (Å²) in [5, 5.41) is 23.4. The molecule has 11 nitrogen and oxygen atoms in total. The lowest BCUT2D eigenvalue weighted by Crippen LogP contribution is -2.74. The van der Waals surface area contributed by atoms with Crippen molar-refractivity contribution in [2.45, 2.75) is 70.3 Å². The van der Waals surface area contributed by atoms with E-state index in [1.54, 1.807) is 14.1 Å². The molecular weight excluding hydrogens is 528 g/mol. The van der Waals surface area contributed by atoms with Crippen LogP contribution in [-0.2, 0) is 38.7 Å². The minimum absolute atomic E-state index is 0.0314. The number of likely N-dealkylation sites (N-methyl/N-ethyl adjacent to an activating group) is 1. The number of amides is 1. The van der Waals surface area contributed by atoms with Crippen molar-refractivity contribution >= 4 is 34.7 Å². The zero-order chi connectivity index (χ0) is 30.5. The summed E-state index contributed by atoms with van der Waals surface area (Å²) >= 11 is 0. The molecule has 1 aromatic rings. The Morgan fingerprint density at radius 3 is 2.20 bits per heavy atom. The second kappa shape index (κ2) is 9.43. The number of fused-ring (bicyclic) bond motifs is 4. The van der Waals surface area contributed by atoms with Crippen LogP contribution in [0.3, 0.4) is 0 Å². The van der Waals surface area contributed by atoms with E-state index in [1.807, 2.05) is 19.0 Å². The highest BCUT2D eigenvalue weighted by atomic mass is 16.3. The summed E-state index contributed by atoms with van der Waals surface area (Å²) in [6.07, 6.45) is 1.16. The summed E-state index contributed by atoms with van der Waals surface area (Å²) < 4.78 is 0. The van der Waals surface area contributed by atoms with E-state index >= 15 is 0 Å². The van der Waals surface area contributed by atoms with Crippen molar-refractivity contribution in [2.75, 3.05) is 33.1 Å². The lowest BCUT2D eigenvalue weighted by molar-refractivity contribution is -0.181. The van der Waals surface area contributed by atoms with Gasteiger partial charge in [-0.25, -0.2) is 0 Å². The van der Waals surface area contributed by atoms with Crippen LogP contribution in [0.15, 0.2) is 0 Å². The Bertz CT molecular complexity index is 1400. The van der Waals surface area contributed by atoms with Gasteiger partial charge in [0.2, 0.25) is 5.91 Å². The van der Waals surface area contributed by atoms with Crippen LogP contribution in [-0.4, -0.2) is 94.4 Å². The molecule has 0 aromatic heterocycles.